The Labute approximate surface area is 148 Å². The van der Waals surface area contributed by atoms with E-state index in [0.29, 0.717) is 4.90 Å². The molecule has 8 heteroatoms. The Morgan fingerprint density at radius 3 is 2.31 bits per heavy atom. The van der Waals surface area contributed by atoms with Crippen molar-refractivity contribution in [2.75, 3.05) is 13.7 Å². The van der Waals surface area contributed by atoms with Gasteiger partial charge in [0.25, 0.3) is 11.8 Å². The molecule has 0 saturated heterocycles. The maximum Gasteiger partial charge on any atom is 0.358 e. The smallest absolute Gasteiger partial charge is 0.358 e. The van der Waals surface area contributed by atoms with Gasteiger partial charge in [0.1, 0.15) is 19.0 Å². The lowest BCUT2D eigenvalue weighted by molar-refractivity contribution is -0.137. The highest BCUT2D eigenvalue weighted by molar-refractivity contribution is 6.24. The number of benzene rings is 1. The van der Waals surface area contributed by atoms with E-state index in [-0.39, 0.29) is 29.0 Å². The maximum atomic E-state index is 12.5. The number of hydrogen-bond donors (Lipinski definition) is 0. The normalized spacial score (nSPS) is 17.6. The van der Waals surface area contributed by atoms with Gasteiger partial charge in [-0.2, -0.15) is 0 Å². The summed E-state index contributed by atoms with van der Waals surface area (Å²) in [6.45, 7) is 1.72. The van der Waals surface area contributed by atoms with Crippen LogP contribution < -0.4 is 0 Å². The van der Waals surface area contributed by atoms with Crippen molar-refractivity contribution in [1.29, 1.82) is 0 Å². The van der Waals surface area contributed by atoms with Crippen molar-refractivity contribution in [3.8, 4) is 0 Å². The van der Waals surface area contributed by atoms with Crippen molar-refractivity contribution in [3.63, 3.8) is 0 Å². The number of fused-ring (bicyclic) bond motifs is 1. The molecule has 0 radical (unpaired) electrons. The second kappa shape index (κ2) is 6.83. The molecule has 1 aromatic rings. The minimum Gasteiger partial charge on any atom is -0.491 e. The van der Waals surface area contributed by atoms with Gasteiger partial charge < -0.3 is 14.2 Å². The number of carbonyl (C=O) groups excluding carboxylic acids is 4. The molecule has 0 saturated carbocycles. The second-order valence-corrected chi connectivity index (χ2v) is 5.52. The largest absolute Gasteiger partial charge is 0.491 e. The van der Waals surface area contributed by atoms with Gasteiger partial charge in [0.2, 0.25) is 0 Å². The van der Waals surface area contributed by atoms with Crippen LogP contribution in [0.1, 0.15) is 27.6 Å². The van der Waals surface area contributed by atoms with E-state index in [0.717, 1.165) is 13.4 Å². The van der Waals surface area contributed by atoms with E-state index in [1.165, 1.54) is 12.1 Å². The zero-order chi connectivity index (χ0) is 18.8. The molecule has 2 aliphatic rings. The first-order valence-corrected chi connectivity index (χ1v) is 7.74. The third-order valence-electron chi connectivity index (χ3n) is 4.00. The van der Waals surface area contributed by atoms with Crippen LogP contribution in [0.25, 0.3) is 0 Å². The number of cyclic esters (lactones) is 1. The van der Waals surface area contributed by atoms with Crippen LogP contribution in [0.15, 0.2) is 47.9 Å². The molecule has 0 aliphatic carbocycles. The first kappa shape index (κ1) is 17.4. The number of esters is 2. The summed E-state index contributed by atoms with van der Waals surface area (Å²) in [6, 6.07) is 6.22. The zero-order valence-corrected chi connectivity index (χ0v) is 14.1. The number of ether oxygens (including phenoxy) is 3. The minimum absolute atomic E-state index is 0.147. The molecule has 26 heavy (non-hydrogen) atoms. The second-order valence-electron chi connectivity index (χ2n) is 5.52. The molecule has 0 fully saturated rings. The van der Waals surface area contributed by atoms with Crippen LogP contribution in [-0.4, -0.2) is 48.5 Å². The predicted octanol–water partition coefficient (Wildman–Crippen LogP) is 1.19. The Kier molecular flexibility index (Phi) is 4.57. The highest BCUT2D eigenvalue weighted by Crippen LogP contribution is 2.27. The van der Waals surface area contributed by atoms with Gasteiger partial charge in [-0.05, 0) is 25.1 Å². The monoisotopic (exact) mass is 357 g/mol. The van der Waals surface area contributed by atoms with Crippen molar-refractivity contribution in [2.45, 2.75) is 13.0 Å². The van der Waals surface area contributed by atoms with Gasteiger partial charge >= 0.3 is 11.9 Å². The van der Waals surface area contributed by atoms with Crippen LogP contribution in [0.3, 0.4) is 0 Å². The van der Waals surface area contributed by atoms with E-state index in [4.69, 9.17) is 9.47 Å². The highest BCUT2D eigenvalue weighted by Gasteiger charge is 2.40. The van der Waals surface area contributed by atoms with E-state index in [1.807, 2.05) is 0 Å². The topological polar surface area (TPSA) is 99.2 Å². The van der Waals surface area contributed by atoms with Crippen molar-refractivity contribution in [3.05, 3.63) is 59.0 Å². The summed E-state index contributed by atoms with van der Waals surface area (Å²) in [5, 5.41) is 0. The molecule has 0 N–H and O–H groups in total. The number of rotatable bonds is 5. The van der Waals surface area contributed by atoms with Gasteiger partial charge in [-0.15, -0.1) is 0 Å². The molecule has 1 aromatic carbocycles. The lowest BCUT2D eigenvalue weighted by Gasteiger charge is -2.17. The van der Waals surface area contributed by atoms with E-state index in [9.17, 15) is 19.2 Å². The molecule has 0 spiro atoms. The molecule has 0 aromatic heterocycles. The van der Waals surface area contributed by atoms with E-state index in [1.54, 1.807) is 25.1 Å². The van der Waals surface area contributed by atoms with Gasteiger partial charge in [0, 0.05) is 0 Å². The first-order valence-electron chi connectivity index (χ1n) is 7.74. The van der Waals surface area contributed by atoms with Crippen molar-refractivity contribution < 1.29 is 33.4 Å². The lowest BCUT2D eigenvalue weighted by Crippen LogP contribution is -2.34. The van der Waals surface area contributed by atoms with E-state index in [2.05, 4.69) is 4.74 Å². The Bertz CT molecular complexity index is 833. The highest BCUT2D eigenvalue weighted by atomic mass is 16.5. The zero-order valence-electron chi connectivity index (χ0n) is 14.1. The number of nitrogens with zero attached hydrogens (tertiary/aromatic N) is 1. The average molecular weight is 357 g/mol. The van der Waals surface area contributed by atoms with Gasteiger partial charge in [-0.1, -0.05) is 12.1 Å². The van der Waals surface area contributed by atoms with Crippen LogP contribution in [0.4, 0.5) is 0 Å². The Morgan fingerprint density at radius 2 is 1.81 bits per heavy atom. The molecule has 1 unspecified atom stereocenters. The third kappa shape index (κ3) is 2.85. The Morgan fingerprint density at radius 1 is 1.19 bits per heavy atom. The van der Waals surface area contributed by atoms with E-state index >= 15 is 0 Å². The third-order valence-corrected chi connectivity index (χ3v) is 4.00. The molecule has 3 rings (SSSR count). The summed E-state index contributed by atoms with van der Waals surface area (Å²) in [7, 11) is 1.12. The van der Waals surface area contributed by atoms with Gasteiger partial charge in [-0.25, -0.2) is 14.5 Å². The molecule has 2 heterocycles. The van der Waals surface area contributed by atoms with Crippen molar-refractivity contribution in [1.82, 2.24) is 4.90 Å². The number of imide groups is 1. The van der Waals surface area contributed by atoms with E-state index < -0.39 is 29.9 Å². The fourth-order valence-electron chi connectivity index (χ4n) is 2.65. The van der Waals surface area contributed by atoms with Crippen LogP contribution in [0, 0.1) is 0 Å². The summed E-state index contributed by atoms with van der Waals surface area (Å²) in [4.78, 5) is 49.4. The molecular formula is C18H15NO7. The SMILES string of the molecule is COC(=O)/C(=C/OC(C)C1=CCOC1=O)N1C(=O)c2ccccc2C1=O. The number of amides is 2. The molecule has 8 nitrogen and oxygen atoms in total. The number of methoxy groups -OCH3 is 1. The standard InChI is InChI=1S/C18H15NO7/c1-10(11-7-8-25-17(11)22)26-9-14(18(23)24-2)19-15(20)12-5-3-4-6-13(12)16(19)21/h3-7,9-10H,8H2,1-2H3/b14-9-. The molecule has 1 atom stereocenters. The molecule has 134 valence electrons. The van der Waals surface area contributed by atoms with Crippen molar-refractivity contribution >= 4 is 23.8 Å². The summed E-state index contributed by atoms with van der Waals surface area (Å²) >= 11 is 0. The van der Waals surface area contributed by atoms with Crippen LogP contribution in [0.2, 0.25) is 0 Å². The molecule has 2 aliphatic heterocycles. The summed E-state index contributed by atoms with van der Waals surface area (Å²) in [6.07, 6.45) is 1.77. The summed E-state index contributed by atoms with van der Waals surface area (Å²) < 4.78 is 14.9. The van der Waals surface area contributed by atoms with Crippen molar-refractivity contribution in [2.24, 2.45) is 0 Å². The minimum atomic E-state index is -0.922. The Hall–Kier alpha value is -3.42. The van der Waals surface area contributed by atoms with Crippen LogP contribution in [-0.2, 0) is 23.8 Å². The number of carbonyl (C=O) groups is 4. The summed E-state index contributed by atoms with van der Waals surface area (Å²) in [5.74, 6) is -2.75. The lowest BCUT2D eigenvalue weighted by atomic mass is 10.1. The predicted molar refractivity (Wildman–Crippen MR) is 86.6 cm³/mol. The molecule has 2 amide bonds. The first-order chi connectivity index (χ1) is 12.5. The fraction of sp³-hybridized carbons (Fsp3) is 0.222. The molecule has 0 bridgehead atoms. The van der Waals surface area contributed by atoms with Crippen LogP contribution >= 0.6 is 0 Å². The fourth-order valence-corrected chi connectivity index (χ4v) is 2.65. The molecular weight excluding hydrogens is 342 g/mol. The maximum absolute atomic E-state index is 12.5. The quantitative estimate of drug-likeness (QED) is 0.338. The Balaban J connectivity index is 1.90. The van der Waals surface area contributed by atoms with Gasteiger partial charge in [-0.3, -0.25) is 9.59 Å². The average Bonchev–Trinajstić information content (AvgIpc) is 3.18. The van der Waals surface area contributed by atoms with Gasteiger partial charge in [0.05, 0.1) is 23.8 Å². The summed E-state index contributed by atoms with van der Waals surface area (Å²) in [5.41, 5.74) is 0.273. The van der Waals surface area contributed by atoms with Gasteiger partial charge in [0.15, 0.2) is 5.70 Å². The number of hydrogen-bond acceptors (Lipinski definition) is 7. The van der Waals surface area contributed by atoms with Crippen LogP contribution in [0.5, 0.6) is 0 Å².